The highest BCUT2D eigenvalue weighted by Gasteiger charge is 2.09. The number of anilines is 1. The van der Waals surface area contributed by atoms with E-state index in [1.165, 1.54) is 0 Å². The van der Waals surface area contributed by atoms with Crippen LogP contribution >= 0.6 is 0 Å². The van der Waals surface area contributed by atoms with Crippen LogP contribution < -0.4 is 10.6 Å². The molecule has 1 heterocycles. The summed E-state index contributed by atoms with van der Waals surface area (Å²) in [7, 11) is 0. The number of rotatable bonds is 7. The minimum atomic E-state index is -0.273. The summed E-state index contributed by atoms with van der Waals surface area (Å²) in [4.78, 5) is 23.1. The Bertz CT molecular complexity index is 452. The van der Waals surface area contributed by atoms with Crippen LogP contribution in [0.1, 0.15) is 52.1 Å². The lowest BCUT2D eigenvalue weighted by atomic mass is 10.1. The molecule has 6 nitrogen and oxygen atoms in total. The Morgan fingerprint density at radius 2 is 1.95 bits per heavy atom. The summed E-state index contributed by atoms with van der Waals surface area (Å²) in [5, 5.41) is 12.1. The average molecular weight is 280 g/mol. The molecule has 3 N–H and O–H groups in total. The Morgan fingerprint density at radius 3 is 2.50 bits per heavy atom. The van der Waals surface area contributed by atoms with E-state index in [2.05, 4.69) is 34.7 Å². The number of amides is 2. The molecular weight excluding hydrogens is 256 g/mol. The van der Waals surface area contributed by atoms with Crippen molar-refractivity contribution < 1.29 is 9.59 Å². The summed E-state index contributed by atoms with van der Waals surface area (Å²) < 4.78 is 0. The van der Waals surface area contributed by atoms with Gasteiger partial charge in [0, 0.05) is 18.2 Å². The molecule has 0 fully saturated rings. The minimum Gasteiger partial charge on any atom is -0.347 e. The van der Waals surface area contributed by atoms with Crippen LogP contribution in [-0.2, 0) is 9.59 Å². The van der Waals surface area contributed by atoms with E-state index in [1.807, 2.05) is 13.8 Å². The highest BCUT2D eigenvalue weighted by Crippen LogP contribution is 2.14. The van der Waals surface area contributed by atoms with Gasteiger partial charge in [-0.3, -0.25) is 14.7 Å². The average Bonchev–Trinajstić information content (AvgIpc) is 2.82. The number of nitrogens with one attached hydrogen (secondary N) is 3. The predicted molar refractivity (Wildman–Crippen MR) is 78.4 cm³/mol. The van der Waals surface area contributed by atoms with Crippen LogP contribution in [0.4, 0.5) is 5.82 Å². The molecule has 20 heavy (non-hydrogen) atoms. The van der Waals surface area contributed by atoms with E-state index in [1.54, 1.807) is 6.07 Å². The Morgan fingerprint density at radius 1 is 1.25 bits per heavy atom. The molecule has 0 aliphatic rings. The molecule has 0 aliphatic heterocycles. The maximum absolute atomic E-state index is 11.7. The topological polar surface area (TPSA) is 86.9 Å². The fourth-order valence-electron chi connectivity index (χ4n) is 1.57. The Balaban J connectivity index is 2.30. The fraction of sp³-hybridized carbons (Fsp3) is 0.643. The van der Waals surface area contributed by atoms with Gasteiger partial charge in [0.2, 0.25) is 11.8 Å². The van der Waals surface area contributed by atoms with Crippen molar-refractivity contribution >= 4 is 17.6 Å². The maximum atomic E-state index is 11.7. The molecule has 112 valence electrons. The third-order valence-electron chi connectivity index (χ3n) is 2.88. The molecular formula is C14H24N4O2. The lowest BCUT2D eigenvalue weighted by Gasteiger charge is -2.06. The molecule has 0 aliphatic carbocycles. The molecule has 1 aromatic heterocycles. The highest BCUT2D eigenvalue weighted by atomic mass is 16.2. The van der Waals surface area contributed by atoms with Gasteiger partial charge in [0.15, 0.2) is 5.82 Å². The van der Waals surface area contributed by atoms with Crippen molar-refractivity contribution in [2.24, 2.45) is 5.92 Å². The van der Waals surface area contributed by atoms with Gasteiger partial charge in [-0.25, -0.2) is 0 Å². The van der Waals surface area contributed by atoms with Crippen molar-refractivity contribution in [2.45, 2.75) is 46.5 Å². The zero-order valence-electron chi connectivity index (χ0n) is 12.6. The molecule has 0 spiro atoms. The first-order valence-corrected chi connectivity index (χ1v) is 7.00. The van der Waals surface area contributed by atoms with Crippen LogP contribution in [0, 0.1) is 5.92 Å². The van der Waals surface area contributed by atoms with Crippen LogP contribution in [-0.4, -0.2) is 28.6 Å². The first-order valence-electron chi connectivity index (χ1n) is 7.00. The zero-order valence-corrected chi connectivity index (χ0v) is 12.6. The Labute approximate surface area is 119 Å². The van der Waals surface area contributed by atoms with Gasteiger partial charge >= 0.3 is 0 Å². The lowest BCUT2D eigenvalue weighted by molar-refractivity contribution is -0.124. The Hall–Kier alpha value is -1.85. The summed E-state index contributed by atoms with van der Waals surface area (Å²) in [6.07, 6.45) is 1.27. The SMILES string of the molecule is CC(C)CCC(=O)NCC(=O)Nc1cc(C(C)C)[nH]n1. The number of aromatic amines is 1. The van der Waals surface area contributed by atoms with E-state index in [9.17, 15) is 9.59 Å². The molecule has 0 atom stereocenters. The van der Waals surface area contributed by atoms with Crippen molar-refractivity contribution in [2.75, 3.05) is 11.9 Å². The number of carbonyl (C=O) groups is 2. The number of hydrogen-bond donors (Lipinski definition) is 3. The van der Waals surface area contributed by atoms with E-state index in [0.717, 1.165) is 12.1 Å². The van der Waals surface area contributed by atoms with Crippen LogP contribution in [0.5, 0.6) is 0 Å². The van der Waals surface area contributed by atoms with Crippen molar-refractivity contribution in [3.63, 3.8) is 0 Å². The normalized spacial score (nSPS) is 10.9. The van der Waals surface area contributed by atoms with Crippen LogP contribution in [0.3, 0.4) is 0 Å². The number of H-pyrrole nitrogens is 1. The number of aromatic nitrogens is 2. The van der Waals surface area contributed by atoms with Crippen molar-refractivity contribution in [3.8, 4) is 0 Å². The van der Waals surface area contributed by atoms with E-state index < -0.39 is 0 Å². The molecule has 6 heteroatoms. The predicted octanol–water partition coefficient (Wildman–Crippen LogP) is 2.02. The molecule has 1 rings (SSSR count). The summed E-state index contributed by atoms with van der Waals surface area (Å²) in [5.41, 5.74) is 0.960. The van der Waals surface area contributed by atoms with Gasteiger partial charge in [0.25, 0.3) is 0 Å². The van der Waals surface area contributed by atoms with Gasteiger partial charge in [-0.1, -0.05) is 27.7 Å². The quantitative estimate of drug-likeness (QED) is 0.714. The van der Waals surface area contributed by atoms with Gasteiger partial charge in [-0.2, -0.15) is 5.10 Å². The van der Waals surface area contributed by atoms with Gasteiger partial charge in [0.05, 0.1) is 6.54 Å². The monoisotopic (exact) mass is 280 g/mol. The van der Waals surface area contributed by atoms with Crippen molar-refractivity contribution in [1.82, 2.24) is 15.5 Å². The van der Waals surface area contributed by atoms with Gasteiger partial charge < -0.3 is 10.6 Å². The zero-order chi connectivity index (χ0) is 15.1. The van der Waals surface area contributed by atoms with Crippen LogP contribution in [0.2, 0.25) is 0 Å². The number of nitrogens with zero attached hydrogens (tertiary/aromatic N) is 1. The fourth-order valence-corrected chi connectivity index (χ4v) is 1.57. The largest absolute Gasteiger partial charge is 0.347 e. The molecule has 0 bridgehead atoms. The second kappa shape index (κ2) is 7.67. The van der Waals surface area contributed by atoms with E-state index in [4.69, 9.17) is 0 Å². The van der Waals surface area contributed by atoms with Crippen molar-refractivity contribution in [1.29, 1.82) is 0 Å². The first-order chi connectivity index (χ1) is 9.38. The van der Waals surface area contributed by atoms with E-state index in [-0.39, 0.29) is 18.4 Å². The number of carbonyl (C=O) groups excluding carboxylic acids is 2. The van der Waals surface area contributed by atoms with Gasteiger partial charge in [0.1, 0.15) is 0 Å². The standard InChI is InChI=1S/C14H24N4O2/c1-9(2)5-6-13(19)15-8-14(20)16-12-7-11(10(3)4)17-18-12/h7,9-10H,5-6,8H2,1-4H3,(H,15,19)(H2,16,17,18,20). The molecule has 0 saturated carbocycles. The third kappa shape index (κ3) is 5.86. The van der Waals surface area contributed by atoms with Gasteiger partial charge in [-0.15, -0.1) is 0 Å². The molecule has 0 aromatic carbocycles. The summed E-state index contributed by atoms with van der Waals surface area (Å²) in [6.45, 7) is 8.16. The number of hydrogen-bond acceptors (Lipinski definition) is 3. The smallest absolute Gasteiger partial charge is 0.244 e. The van der Waals surface area contributed by atoms with Gasteiger partial charge in [-0.05, 0) is 18.3 Å². The van der Waals surface area contributed by atoms with Crippen LogP contribution in [0.25, 0.3) is 0 Å². The summed E-state index contributed by atoms with van der Waals surface area (Å²) in [5.74, 6) is 0.913. The molecule has 0 unspecified atom stereocenters. The first kappa shape index (κ1) is 16.2. The Kier molecular flexibility index (Phi) is 6.21. The van der Waals surface area contributed by atoms with E-state index in [0.29, 0.717) is 24.1 Å². The second-order valence-corrected chi connectivity index (χ2v) is 5.62. The van der Waals surface area contributed by atoms with E-state index >= 15 is 0 Å². The molecule has 0 saturated heterocycles. The van der Waals surface area contributed by atoms with Crippen LogP contribution in [0.15, 0.2) is 6.07 Å². The molecule has 1 aromatic rings. The molecule has 0 radical (unpaired) electrons. The van der Waals surface area contributed by atoms with Crippen molar-refractivity contribution in [3.05, 3.63) is 11.8 Å². The summed E-state index contributed by atoms with van der Waals surface area (Å²) >= 11 is 0. The highest BCUT2D eigenvalue weighted by molar-refractivity contribution is 5.93. The third-order valence-corrected chi connectivity index (χ3v) is 2.88. The lowest BCUT2D eigenvalue weighted by Crippen LogP contribution is -2.32. The maximum Gasteiger partial charge on any atom is 0.244 e. The second-order valence-electron chi connectivity index (χ2n) is 5.62. The molecule has 2 amide bonds. The minimum absolute atomic E-state index is 0.0270. The summed E-state index contributed by atoms with van der Waals surface area (Å²) in [6, 6.07) is 1.79.